The Kier molecular flexibility index (Phi) is 12.7. The van der Waals surface area contributed by atoms with Gasteiger partial charge in [-0.15, -0.1) is 0 Å². The van der Waals surface area contributed by atoms with Crippen molar-refractivity contribution in [1.82, 2.24) is 0 Å². The van der Waals surface area contributed by atoms with E-state index in [-0.39, 0.29) is 48.0 Å². The molecule has 1 aliphatic heterocycles. The number of allylic oxidation sites excluding steroid dienone is 2. The van der Waals surface area contributed by atoms with Gasteiger partial charge >= 0.3 is 11.9 Å². The SMILES string of the molecule is CC/C=C/C[C@H](C)[C@@H](OC)[C@@H](C)[C@@H](C[C@H]1OC(=O)C=C[C@H]1C)OC(=O)CCCCC. The first-order valence-corrected chi connectivity index (χ1v) is 11.6. The van der Waals surface area contributed by atoms with E-state index in [1.54, 1.807) is 7.11 Å². The third kappa shape index (κ3) is 9.03. The Labute approximate surface area is 183 Å². The Hall–Kier alpha value is -1.62. The average molecular weight is 423 g/mol. The summed E-state index contributed by atoms with van der Waals surface area (Å²) in [6.45, 7) is 10.5. The Balaban J connectivity index is 2.92. The number of methoxy groups -OCH3 is 1. The molecule has 0 saturated carbocycles. The molecule has 0 N–H and O–H groups in total. The van der Waals surface area contributed by atoms with Crippen molar-refractivity contribution >= 4 is 11.9 Å². The smallest absolute Gasteiger partial charge is 0.330 e. The average Bonchev–Trinajstić information content (AvgIpc) is 2.71. The topological polar surface area (TPSA) is 61.8 Å². The van der Waals surface area contributed by atoms with Crippen LogP contribution in [0.2, 0.25) is 0 Å². The highest BCUT2D eigenvalue weighted by molar-refractivity contribution is 5.82. The summed E-state index contributed by atoms with van der Waals surface area (Å²) in [7, 11) is 1.72. The van der Waals surface area contributed by atoms with Gasteiger partial charge in [-0.25, -0.2) is 4.79 Å². The van der Waals surface area contributed by atoms with Gasteiger partial charge in [0.1, 0.15) is 12.2 Å². The van der Waals surface area contributed by atoms with Crippen LogP contribution >= 0.6 is 0 Å². The second-order valence-corrected chi connectivity index (χ2v) is 8.57. The summed E-state index contributed by atoms with van der Waals surface area (Å²) in [5.41, 5.74) is 0. The van der Waals surface area contributed by atoms with Crippen LogP contribution in [0, 0.1) is 17.8 Å². The van der Waals surface area contributed by atoms with Crippen LogP contribution in [0.3, 0.4) is 0 Å². The normalized spacial score (nSPS) is 23.1. The molecule has 0 fully saturated rings. The summed E-state index contributed by atoms with van der Waals surface area (Å²) in [6, 6.07) is 0. The maximum Gasteiger partial charge on any atom is 0.330 e. The third-order valence-corrected chi connectivity index (χ3v) is 5.97. The number of cyclic esters (lactones) is 1. The first-order chi connectivity index (χ1) is 14.3. The van der Waals surface area contributed by atoms with Crippen LogP contribution in [0.15, 0.2) is 24.3 Å². The predicted octanol–water partition coefficient (Wildman–Crippen LogP) is 5.63. The van der Waals surface area contributed by atoms with Crippen LogP contribution < -0.4 is 0 Å². The van der Waals surface area contributed by atoms with Gasteiger partial charge in [0.25, 0.3) is 0 Å². The van der Waals surface area contributed by atoms with Crippen molar-refractivity contribution in [3.63, 3.8) is 0 Å². The lowest BCUT2D eigenvalue weighted by Crippen LogP contribution is -2.42. The van der Waals surface area contributed by atoms with Crippen molar-refractivity contribution in [2.24, 2.45) is 17.8 Å². The van der Waals surface area contributed by atoms with Gasteiger partial charge in [-0.2, -0.15) is 0 Å². The monoisotopic (exact) mass is 422 g/mol. The van der Waals surface area contributed by atoms with E-state index in [2.05, 4.69) is 39.8 Å². The number of hydrogen-bond acceptors (Lipinski definition) is 5. The van der Waals surface area contributed by atoms with Gasteiger partial charge in [0.2, 0.25) is 0 Å². The van der Waals surface area contributed by atoms with E-state index >= 15 is 0 Å². The molecule has 0 aromatic rings. The van der Waals surface area contributed by atoms with E-state index in [0.29, 0.717) is 12.8 Å². The van der Waals surface area contributed by atoms with Crippen molar-refractivity contribution in [2.45, 2.75) is 97.9 Å². The first kappa shape index (κ1) is 26.4. The van der Waals surface area contributed by atoms with E-state index in [1.807, 2.05) is 13.0 Å². The number of carbonyl (C=O) groups is 2. The molecule has 0 aromatic heterocycles. The molecule has 5 nitrogen and oxygen atoms in total. The summed E-state index contributed by atoms with van der Waals surface area (Å²) >= 11 is 0. The Morgan fingerprint density at radius 2 is 1.97 bits per heavy atom. The number of unbranched alkanes of at least 4 members (excludes halogenated alkanes) is 2. The van der Waals surface area contributed by atoms with Crippen LogP contribution in [-0.2, 0) is 23.8 Å². The van der Waals surface area contributed by atoms with Crippen LogP contribution in [0.4, 0.5) is 0 Å². The second kappa shape index (κ2) is 14.4. The van der Waals surface area contributed by atoms with Gasteiger partial charge in [-0.3, -0.25) is 4.79 Å². The summed E-state index contributed by atoms with van der Waals surface area (Å²) in [5.74, 6) is -0.173. The van der Waals surface area contributed by atoms with Crippen molar-refractivity contribution in [3.8, 4) is 0 Å². The van der Waals surface area contributed by atoms with Crippen LogP contribution in [0.1, 0.15) is 79.6 Å². The largest absolute Gasteiger partial charge is 0.462 e. The standard InChI is InChI=1S/C25H42O5/c1-7-9-11-13-19(4)25(28-6)20(5)22(30-23(26)14-12-10-8-2)17-21-18(3)15-16-24(27)29-21/h9,11,15-16,18-22,25H,7-8,10,12-14,17H2,1-6H3/b11-9+/t18-,19+,20+,21-,22-,25-/m1/s1. The van der Waals surface area contributed by atoms with Crippen LogP contribution in [0.5, 0.6) is 0 Å². The fourth-order valence-corrected chi connectivity index (χ4v) is 4.05. The molecular weight excluding hydrogens is 380 g/mol. The molecule has 6 atom stereocenters. The molecule has 0 spiro atoms. The Bertz CT molecular complexity index is 568. The van der Waals surface area contributed by atoms with Gasteiger partial charge in [0, 0.05) is 37.9 Å². The van der Waals surface area contributed by atoms with E-state index < -0.39 is 0 Å². The number of rotatable bonds is 14. The Morgan fingerprint density at radius 1 is 1.23 bits per heavy atom. The maximum absolute atomic E-state index is 12.5. The molecule has 0 aliphatic carbocycles. The lowest BCUT2D eigenvalue weighted by molar-refractivity contribution is -0.162. The number of hydrogen-bond donors (Lipinski definition) is 0. The highest BCUT2D eigenvalue weighted by Gasteiger charge is 2.36. The van der Waals surface area contributed by atoms with Crippen LogP contribution in [-0.4, -0.2) is 37.4 Å². The zero-order valence-electron chi connectivity index (χ0n) is 19.8. The van der Waals surface area contributed by atoms with Gasteiger partial charge < -0.3 is 14.2 Å². The Morgan fingerprint density at radius 3 is 2.60 bits per heavy atom. The summed E-state index contributed by atoms with van der Waals surface area (Å²) in [5, 5.41) is 0. The van der Waals surface area contributed by atoms with Crippen molar-refractivity contribution < 1.29 is 23.8 Å². The van der Waals surface area contributed by atoms with E-state index in [9.17, 15) is 9.59 Å². The fourth-order valence-electron chi connectivity index (χ4n) is 4.05. The van der Waals surface area contributed by atoms with Crippen molar-refractivity contribution in [1.29, 1.82) is 0 Å². The highest BCUT2D eigenvalue weighted by Crippen LogP contribution is 2.30. The van der Waals surface area contributed by atoms with E-state index in [1.165, 1.54) is 6.08 Å². The van der Waals surface area contributed by atoms with Crippen molar-refractivity contribution in [3.05, 3.63) is 24.3 Å². The van der Waals surface area contributed by atoms with Gasteiger partial charge in [0.15, 0.2) is 0 Å². The molecule has 0 radical (unpaired) electrons. The molecule has 0 unspecified atom stereocenters. The molecule has 0 aromatic carbocycles. The molecule has 5 heteroatoms. The molecular formula is C25H42O5. The predicted molar refractivity (Wildman–Crippen MR) is 120 cm³/mol. The van der Waals surface area contributed by atoms with E-state index in [4.69, 9.17) is 14.2 Å². The van der Waals surface area contributed by atoms with Gasteiger partial charge in [-0.05, 0) is 25.2 Å². The maximum atomic E-state index is 12.5. The molecule has 0 saturated heterocycles. The minimum Gasteiger partial charge on any atom is -0.462 e. The first-order valence-electron chi connectivity index (χ1n) is 11.6. The molecule has 172 valence electrons. The molecule has 1 aliphatic rings. The van der Waals surface area contributed by atoms with Gasteiger partial charge in [-0.1, -0.05) is 65.7 Å². The minimum atomic E-state index is -0.367. The third-order valence-electron chi connectivity index (χ3n) is 5.97. The fraction of sp³-hybridized carbons (Fsp3) is 0.760. The molecule has 1 heterocycles. The van der Waals surface area contributed by atoms with Crippen LogP contribution in [0.25, 0.3) is 0 Å². The van der Waals surface area contributed by atoms with E-state index in [0.717, 1.165) is 32.1 Å². The lowest BCUT2D eigenvalue weighted by Gasteiger charge is -2.36. The zero-order valence-corrected chi connectivity index (χ0v) is 19.8. The molecule has 0 bridgehead atoms. The number of esters is 2. The second-order valence-electron chi connectivity index (χ2n) is 8.57. The molecule has 30 heavy (non-hydrogen) atoms. The van der Waals surface area contributed by atoms with Gasteiger partial charge in [0.05, 0.1) is 6.10 Å². The molecule has 0 amide bonds. The zero-order chi connectivity index (χ0) is 22.5. The van der Waals surface area contributed by atoms with Crippen molar-refractivity contribution in [2.75, 3.05) is 7.11 Å². The minimum absolute atomic E-state index is 0.0213. The summed E-state index contributed by atoms with van der Waals surface area (Å²) in [4.78, 5) is 24.3. The number of ether oxygens (including phenoxy) is 3. The summed E-state index contributed by atoms with van der Waals surface area (Å²) < 4.78 is 17.4. The lowest BCUT2D eigenvalue weighted by atomic mass is 9.83. The quantitative estimate of drug-likeness (QED) is 0.206. The summed E-state index contributed by atoms with van der Waals surface area (Å²) in [6.07, 6.45) is 12.7. The molecule has 1 rings (SSSR count). The number of carbonyl (C=O) groups excluding carboxylic acids is 2. The highest BCUT2D eigenvalue weighted by atomic mass is 16.6.